The molecule has 0 aliphatic carbocycles. The summed E-state index contributed by atoms with van der Waals surface area (Å²) in [7, 11) is 0. The molecule has 0 bridgehead atoms. The number of aliphatic hydroxyl groups excluding tert-OH is 1. The number of hydrogen-bond donors (Lipinski definition) is 2. The second-order valence-electron chi connectivity index (χ2n) is 6.35. The van der Waals surface area contributed by atoms with Crippen molar-refractivity contribution in [3.05, 3.63) is 65.2 Å². The lowest BCUT2D eigenvalue weighted by molar-refractivity contribution is 0.105. The third-order valence-corrected chi connectivity index (χ3v) is 4.62. The van der Waals surface area contributed by atoms with Gasteiger partial charge in [0.25, 0.3) is 0 Å². The molecule has 0 saturated carbocycles. The van der Waals surface area contributed by atoms with Gasteiger partial charge in [0.15, 0.2) is 0 Å². The Hall–Kier alpha value is -2.17. The first-order valence-corrected chi connectivity index (χ1v) is 8.12. The highest BCUT2D eigenvalue weighted by Gasteiger charge is 2.21. The number of hydrogen-bond acceptors (Lipinski definition) is 3. The Balaban J connectivity index is 1.49. The van der Waals surface area contributed by atoms with Crippen molar-refractivity contribution in [3.8, 4) is 0 Å². The van der Waals surface area contributed by atoms with E-state index in [1.807, 2.05) is 25.1 Å². The Labute approximate surface area is 135 Å². The average Bonchev–Trinajstić information content (AvgIpc) is 2.93. The van der Waals surface area contributed by atoms with Crippen molar-refractivity contribution in [2.75, 3.05) is 13.1 Å². The number of nitrogens with one attached hydrogen (secondary N) is 1. The molecule has 2 aromatic carbocycles. The van der Waals surface area contributed by atoms with E-state index in [-0.39, 0.29) is 0 Å². The molecule has 1 unspecified atom stereocenters. The van der Waals surface area contributed by atoms with Crippen LogP contribution in [0.15, 0.2) is 42.5 Å². The van der Waals surface area contributed by atoms with E-state index >= 15 is 0 Å². The van der Waals surface area contributed by atoms with Crippen molar-refractivity contribution in [2.24, 2.45) is 0 Å². The Morgan fingerprint density at radius 2 is 2.04 bits per heavy atom. The summed E-state index contributed by atoms with van der Waals surface area (Å²) < 4.78 is 0. The second kappa shape index (κ2) is 5.80. The van der Waals surface area contributed by atoms with Crippen LogP contribution in [0.3, 0.4) is 0 Å². The fourth-order valence-electron chi connectivity index (χ4n) is 3.41. The molecule has 0 amide bonds. The van der Waals surface area contributed by atoms with E-state index in [4.69, 9.17) is 0 Å². The molecule has 1 aliphatic rings. The van der Waals surface area contributed by atoms with Gasteiger partial charge >= 0.3 is 0 Å². The molecule has 4 heteroatoms. The predicted octanol–water partition coefficient (Wildman–Crippen LogP) is 2.96. The maximum atomic E-state index is 10.6. The second-order valence-corrected chi connectivity index (χ2v) is 6.35. The lowest BCUT2D eigenvalue weighted by atomic mass is 10.0. The third-order valence-electron chi connectivity index (χ3n) is 4.62. The number of aromatic nitrogens is 2. The SMILES string of the molecule is Cc1nc2c([nH]1)CN(CC(O)c1ccc3ccccc3c1)CC2. The molecule has 118 valence electrons. The summed E-state index contributed by atoms with van der Waals surface area (Å²) in [6, 6.07) is 14.5. The van der Waals surface area contributed by atoms with Crippen LogP contribution in [0.5, 0.6) is 0 Å². The summed E-state index contributed by atoms with van der Waals surface area (Å²) in [6.07, 6.45) is 0.481. The van der Waals surface area contributed by atoms with Crippen molar-refractivity contribution in [1.82, 2.24) is 14.9 Å². The van der Waals surface area contributed by atoms with Crippen molar-refractivity contribution in [2.45, 2.75) is 26.0 Å². The standard InChI is InChI=1S/C19H21N3O/c1-13-20-17-8-9-22(11-18(17)21-13)12-19(23)16-7-6-14-4-2-3-5-15(14)10-16/h2-7,10,19,23H,8-9,11-12H2,1H3,(H,20,21). The zero-order valence-corrected chi connectivity index (χ0v) is 13.3. The van der Waals surface area contributed by atoms with E-state index in [0.29, 0.717) is 6.54 Å². The minimum absolute atomic E-state index is 0.467. The van der Waals surface area contributed by atoms with Gasteiger partial charge in [-0.3, -0.25) is 4.90 Å². The molecule has 4 nitrogen and oxygen atoms in total. The molecule has 0 saturated heterocycles. The first-order chi connectivity index (χ1) is 11.2. The van der Waals surface area contributed by atoms with Crippen molar-refractivity contribution < 1.29 is 5.11 Å². The molecule has 2 heterocycles. The summed E-state index contributed by atoms with van der Waals surface area (Å²) in [5, 5.41) is 13.0. The maximum absolute atomic E-state index is 10.6. The van der Waals surface area contributed by atoms with Crippen LogP contribution in [0.1, 0.15) is 28.9 Å². The Bertz CT molecular complexity index is 840. The number of rotatable bonds is 3. The highest BCUT2D eigenvalue weighted by Crippen LogP contribution is 2.23. The fourth-order valence-corrected chi connectivity index (χ4v) is 3.41. The third kappa shape index (κ3) is 2.87. The molecule has 2 N–H and O–H groups in total. The Morgan fingerprint density at radius 1 is 1.22 bits per heavy atom. The number of imidazole rings is 1. The van der Waals surface area contributed by atoms with Gasteiger partial charge in [0, 0.05) is 26.1 Å². The molecule has 0 fully saturated rings. The van der Waals surface area contributed by atoms with E-state index in [1.165, 1.54) is 22.2 Å². The van der Waals surface area contributed by atoms with Crippen LogP contribution in [-0.4, -0.2) is 33.1 Å². The van der Waals surface area contributed by atoms with E-state index in [9.17, 15) is 5.11 Å². The topological polar surface area (TPSA) is 52.2 Å². The first kappa shape index (κ1) is 14.4. The lowest BCUT2D eigenvalue weighted by Crippen LogP contribution is -2.34. The number of benzene rings is 2. The maximum Gasteiger partial charge on any atom is 0.103 e. The van der Waals surface area contributed by atoms with Gasteiger partial charge in [-0.15, -0.1) is 0 Å². The Kier molecular flexibility index (Phi) is 3.63. The highest BCUT2D eigenvalue weighted by atomic mass is 16.3. The number of H-pyrrole nitrogens is 1. The fraction of sp³-hybridized carbons (Fsp3) is 0.316. The van der Waals surface area contributed by atoms with Crippen LogP contribution < -0.4 is 0 Å². The van der Waals surface area contributed by atoms with Crippen molar-refractivity contribution >= 4 is 10.8 Å². The normalized spacial score (nSPS) is 16.4. The minimum Gasteiger partial charge on any atom is -0.387 e. The van der Waals surface area contributed by atoms with E-state index in [1.54, 1.807) is 0 Å². The highest BCUT2D eigenvalue weighted by molar-refractivity contribution is 5.83. The van der Waals surface area contributed by atoms with Gasteiger partial charge in [0.2, 0.25) is 0 Å². The summed E-state index contributed by atoms with van der Waals surface area (Å²) >= 11 is 0. The van der Waals surface area contributed by atoms with Crippen LogP contribution in [0, 0.1) is 6.92 Å². The van der Waals surface area contributed by atoms with Gasteiger partial charge in [-0.2, -0.15) is 0 Å². The van der Waals surface area contributed by atoms with E-state index < -0.39 is 6.10 Å². The van der Waals surface area contributed by atoms with Gasteiger partial charge < -0.3 is 10.1 Å². The molecule has 23 heavy (non-hydrogen) atoms. The van der Waals surface area contributed by atoms with Crippen molar-refractivity contribution in [1.29, 1.82) is 0 Å². The van der Waals surface area contributed by atoms with Gasteiger partial charge in [-0.25, -0.2) is 4.98 Å². The van der Waals surface area contributed by atoms with Gasteiger partial charge in [0.05, 0.1) is 17.5 Å². The van der Waals surface area contributed by atoms with Gasteiger partial charge in [-0.1, -0.05) is 36.4 Å². The zero-order valence-electron chi connectivity index (χ0n) is 13.3. The zero-order chi connectivity index (χ0) is 15.8. The van der Waals surface area contributed by atoms with Crippen LogP contribution >= 0.6 is 0 Å². The first-order valence-electron chi connectivity index (χ1n) is 8.12. The molecule has 3 aromatic rings. The van der Waals surface area contributed by atoms with Gasteiger partial charge in [-0.05, 0) is 29.3 Å². The number of aromatic amines is 1. The predicted molar refractivity (Wildman–Crippen MR) is 91.2 cm³/mol. The number of aliphatic hydroxyl groups is 1. The van der Waals surface area contributed by atoms with Crippen LogP contribution in [0.4, 0.5) is 0 Å². The molecular weight excluding hydrogens is 286 g/mol. The van der Waals surface area contributed by atoms with Crippen LogP contribution in [-0.2, 0) is 13.0 Å². The number of β-amino-alcohol motifs (C(OH)–C–C–N with tert-alkyl or cyclic N) is 1. The van der Waals surface area contributed by atoms with E-state index in [0.717, 1.165) is 30.9 Å². The number of nitrogens with zero attached hydrogens (tertiary/aromatic N) is 2. The summed E-state index contributed by atoms with van der Waals surface area (Å²) in [5.74, 6) is 0.979. The molecule has 0 spiro atoms. The number of aryl methyl sites for hydroxylation is 1. The molecule has 1 aromatic heterocycles. The van der Waals surface area contributed by atoms with Crippen LogP contribution in [0.2, 0.25) is 0 Å². The quantitative estimate of drug-likeness (QED) is 0.782. The number of fused-ring (bicyclic) bond motifs is 2. The molecular formula is C19H21N3O. The molecule has 1 aliphatic heterocycles. The monoisotopic (exact) mass is 307 g/mol. The van der Waals surface area contributed by atoms with Gasteiger partial charge in [0.1, 0.15) is 5.82 Å². The molecule has 4 rings (SSSR count). The van der Waals surface area contributed by atoms with Crippen molar-refractivity contribution in [3.63, 3.8) is 0 Å². The van der Waals surface area contributed by atoms with E-state index in [2.05, 4.69) is 39.1 Å². The minimum atomic E-state index is -0.467. The molecule has 1 atom stereocenters. The summed E-state index contributed by atoms with van der Waals surface area (Å²) in [5.41, 5.74) is 3.36. The average molecular weight is 307 g/mol. The largest absolute Gasteiger partial charge is 0.387 e. The Morgan fingerprint density at radius 3 is 2.91 bits per heavy atom. The lowest BCUT2D eigenvalue weighted by Gasteiger charge is -2.28. The summed E-state index contributed by atoms with van der Waals surface area (Å²) in [6.45, 7) is 4.42. The molecule has 0 radical (unpaired) electrons. The van der Waals surface area contributed by atoms with Crippen LogP contribution in [0.25, 0.3) is 10.8 Å². The summed E-state index contributed by atoms with van der Waals surface area (Å²) in [4.78, 5) is 10.1. The smallest absolute Gasteiger partial charge is 0.103 e.